The smallest absolute Gasteiger partial charge is 0.127 e. The fourth-order valence-corrected chi connectivity index (χ4v) is 2.78. The van der Waals surface area contributed by atoms with Crippen molar-refractivity contribution in [2.45, 2.75) is 25.6 Å². The lowest BCUT2D eigenvalue weighted by molar-refractivity contribution is 0.481. The molecule has 0 saturated heterocycles. The summed E-state index contributed by atoms with van der Waals surface area (Å²) in [6.45, 7) is 4.17. The maximum Gasteiger partial charge on any atom is 0.127 e. The first-order valence-corrected chi connectivity index (χ1v) is 7.75. The van der Waals surface area contributed by atoms with E-state index >= 15 is 0 Å². The Morgan fingerprint density at radius 2 is 1.74 bits per heavy atom. The topological polar surface area (TPSA) is 9.23 Å². The van der Waals surface area contributed by atoms with Crippen molar-refractivity contribution in [1.82, 2.24) is 0 Å². The molecule has 0 saturated carbocycles. The van der Waals surface area contributed by atoms with Crippen LogP contribution in [-0.2, 0) is 11.8 Å². The summed E-state index contributed by atoms with van der Waals surface area (Å²) in [7, 11) is 0. The molecule has 0 radical (unpaired) electrons. The van der Waals surface area contributed by atoms with Gasteiger partial charge in [0.25, 0.3) is 0 Å². The monoisotopic (exact) mass is 338 g/mol. The van der Waals surface area contributed by atoms with E-state index in [0.29, 0.717) is 0 Å². The molecule has 0 heterocycles. The van der Waals surface area contributed by atoms with Gasteiger partial charge in [0.1, 0.15) is 11.5 Å². The zero-order chi connectivity index (χ0) is 13.8. The van der Waals surface area contributed by atoms with Crippen LogP contribution in [0.1, 0.15) is 23.6 Å². The lowest BCUT2D eigenvalue weighted by Crippen LogP contribution is -1.90. The van der Waals surface area contributed by atoms with Crippen molar-refractivity contribution in [3.05, 3.63) is 58.1 Å². The second kappa shape index (κ2) is 6.44. The minimum absolute atomic E-state index is 0.792. The van der Waals surface area contributed by atoms with Gasteiger partial charge in [0.2, 0.25) is 0 Å². The molecule has 2 rings (SSSR count). The third kappa shape index (κ3) is 3.52. The van der Waals surface area contributed by atoms with Gasteiger partial charge in [-0.15, -0.1) is 0 Å². The number of aryl methyl sites for hydroxylation is 2. The number of rotatable bonds is 4. The number of benzene rings is 2. The lowest BCUT2D eigenvalue weighted by Gasteiger charge is -2.10. The summed E-state index contributed by atoms with van der Waals surface area (Å²) in [6, 6.07) is 11.9. The molecule has 0 spiro atoms. The number of hydrogen-bond acceptors (Lipinski definition) is 1. The van der Waals surface area contributed by atoms with Crippen molar-refractivity contribution in [1.29, 1.82) is 0 Å². The first kappa shape index (κ1) is 14.4. The van der Waals surface area contributed by atoms with Gasteiger partial charge in [-0.25, -0.2) is 0 Å². The lowest BCUT2D eigenvalue weighted by atomic mass is 10.1. The maximum absolute atomic E-state index is 6.10. The van der Waals surface area contributed by atoms with E-state index in [4.69, 9.17) is 16.3 Å². The highest BCUT2D eigenvalue weighted by Crippen LogP contribution is 2.28. The van der Waals surface area contributed by atoms with E-state index in [0.717, 1.165) is 33.8 Å². The number of hydrogen-bond donors (Lipinski definition) is 0. The van der Waals surface area contributed by atoms with E-state index in [1.807, 2.05) is 24.3 Å². The Balaban J connectivity index is 2.23. The maximum atomic E-state index is 6.10. The standard InChI is InChI=1S/C16H16BrClO/c1-3-12-9-15(6-7-16(12)18)19-14-5-4-13(10-17)11(2)8-14/h4-9H,3,10H2,1-2H3. The fraction of sp³-hybridized carbons (Fsp3) is 0.250. The molecule has 0 unspecified atom stereocenters. The highest BCUT2D eigenvalue weighted by molar-refractivity contribution is 9.08. The predicted molar refractivity (Wildman–Crippen MR) is 84.7 cm³/mol. The molecule has 2 aromatic rings. The van der Waals surface area contributed by atoms with Crippen LogP contribution >= 0.6 is 27.5 Å². The second-order valence-corrected chi connectivity index (χ2v) is 5.40. The molecule has 0 bridgehead atoms. The highest BCUT2D eigenvalue weighted by atomic mass is 79.9. The third-order valence-electron chi connectivity index (χ3n) is 3.09. The SMILES string of the molecule is CCc1cc(Oc2ccc(CBr)c(C)c2)ccc1Cl. The van der Waals surface area contributed by atoms with Crippen LogP contribution in [0, 0.1) is 6.92 Å². The van der Waals surface area contributed by atoms with Gasteiger partial charge in [0, 0.05) is 10.4 Å². The van der Waals surface area contributed by atoms with Gasteiger partial charge in [-0.05, 0) is 60.4 Å². The van der Waals surface area contributed by atoms with Gasteiger partial charge in [0.15, 0.2) is 0 Å². The summed E-state index contributed by atoms with van der Waals surface area (Å²) in [5.41, 5.74) is 3.60. The molecular weight excluding hydrogens is 324 g/mol. The molecule has 0 N–H and O–H groups in total. The Kier molecular flexibility index (Phi) is 4.89. The van der Waals surface area contributed by atoms with Crippen LogP contribution in [0.25, 0.3) is 0 Å². The fourth-order valence-electron chi connectivity index (χ4n) is 1.90. The number of alkyl halides is 1. The minimum Gasteiger partial charge on any atom is -0.457 e. The van der Waals surface area contributed by atoms with E-state index in [1.54, 1.807) is 0 Å². The molecular formula is C16H16BrClO. The summed E-state index contributed by atoms with van der Waals surface area (Å²) < 4.78 is 5.88. The Hall–Kier alpha value is -0.990. The highest BCUT2D eigenvalue weighted by Gasteiger charge is 2.04. The molecule has 0 atom stereocenters. The molecule has 0 aliphatic heterocycles. The van der Waals surface area contributed by atoms with Gasteiger partial charge in [0.05, 0.1) is 0 Å². The Labute approximate surface area is 127 Å². The van der Waals surface area contributed by atoms with Crippen LogP contribution in [0.2, 0.25) is 5.02 Å². The first-order valence-electron chi connectivity index (χ1n) is 6.25. The van der Waals surface area contributed by atoms with E-state index in [9.17, 15) is 0 Å². The predicted octanol–water partition coefficient (Wildman–Crippen LogP) is 5.90. The first-order chi connectivity index (χ1) is 9.13. The summed E-state index contributed by atoms with van der Waals surface area (Å²) in [5.74, 6) is 1.68. The Morgan fingerprint density at radius 3 is 2.37 bits per heavy atom. The molecule has 0 fully saturated rings. The minimum atomic E-state index is 0.792. The quantitative estimate of drug-likeness (QED) is 0.630. The second-order valence-electron chi connectivity index (χ2n) is 4.43. The van der Waals surface area contributed by atoms with E-state index < -0.39 is 0 Å². The molecule has 3 heteroatoms. The largest absolute Gasteiger partial charge is 0.457 e. The zero-order valence-corrected chi connectivity index (χ0v) is 13.4. The normalized spacial score (nSPS) is 10.5. The molecule has 19 heavy (non-hydrogen) atoms. The van der Waals surface area contributed by atoms with Crippen molar-refractivity contribution in [2.75, 3.05) is 0 Å². The van der Waals surface area contributed by atoms with Gasteiger partial charge >= 0.3 is 0 Å². The van der Waals surface area contributed by atoms with E-state index in [1.165, 1.54) is 11.1 Å². The van der Waals surface area contributed by atoms with Crippen LogP contribution in [0.3, 0.4) is 0 Å². The molecule has 0 amide bonds. The number of halogens is 2. The molecule has 2 aromatic carbocycles. The van der Waals surface area contributed by atoms with Crippen molar-refractivity contribution in [3.63, 3.8) is 0 Å². The van der Waals surface area contributed by atoms with Crippen LogP contribution in [-0.4, -0.2) is 0 Å². The molecule has 0 aliphatic carbocycles. The summed E-state index contributed by atoms with van der Waals surface area (Å²) in [5, 5.41) is 1.65. The van der Waals surface area contributed by atoms with E-state index in [-0.39, 0.29) is 0 Å². The summed E-state index contributed by atoms with van der Waals surface area (Å²) in [6.07, 6.45) is 0.900. The van der Waals surface area contributed by atoms with Crippen LogP contribution < -0.4 is 4.74 Å². The average Bonchev–Trinajstić information content (AvgIpc) is 2.41. The van der Waals surface area contributed by atoms with Crippen LogP contribution in [0.15, 0.2) is 36.4 Å². The summed E-state index contributed by atoms with van der Waals surface area (Å²) in [4.78, 5) is 0. The van der Waals surface area contributed by atoms with Gasteiger partial charge in [-0.2, -0.15) is 0 Å². The summed E-state index contributed by atoms with van der Waals surface area (Å²) >= 11 is 9.57. The molecule has 100 valence electrons. The van der Waals surface area contributed by atoms with Crippen molar-refractivity contribution < 1.29 is 4.74 Å². The molecule has 1 nitrogen and oxygen atoms in total. The molecule has 0 aliphatic rings. The van der Waals surface area contributed by atoms with Crippen LogP contribution in [0.4, 0.5) is 0 Å². The van der Waals surface area contributed by atoms with Crippen molar-refractivity contribution >= 4 is 27.5 Å². The van der Waals surface area contributed by atoms with Gasteiger partial charge in [-0.3, -0.25) is 0 Å². The van der Waals surface area contributed by atoms with Crippen molar-refractivity contribution in [2.24, 2.45) is 0 Å². The zero-order valence-electron chi connectivity index (χ0n) is 11.0. The van der Waals surface area contributed by atoms with Gasteiger partial charge in [-0.1, -0.05) is 40.5 Å². The van der Waals surface area contributed by atoms with Crippen LogP contribution in [0.5, 0.6) is 11.5 Å². The van der Waals surface area contributed by atoms with Crippen molar-refractivity contribution in [3.8, 4) is 11.5 Å². The van der Waals surface area contributed by atoms with E-state index in [2.05, 4.69) is 41.9 Å². The number of ether oxygens (including phenoxy) is 1. The average molecular weight is 340 g/mol. The van der Waals surface area contributed by atoms with Gasteiger partial charge < -0.3 is 4.74 Å². The Bertz CT molecular complexity index is 581. The third-order valence-corrected chi connectivity index (χ3v) is 4.06. The Morgan fingerprint density at radius 1 is 1.05 bits per heavy atom. The molecule has 0 aromatic heterocycles.